The summed E-state index contributed by atoms with van der Waals surface area (Å²) in [6, 6.07) is 9.57. The summed E-state index contributed by atoms with van der Waals surface area (Å²) in [5.41, 5.74) is 6.49. The first-order valence-electron chi connectivity index (χ1n) is 11.4. The van der Waals surface area contributed by atoms with Gasteiger partial charge in [-0.1, -0.05) is 12.1 Å². The lowest BCUT2D eigenvalue weighted by molar-refractivity contribution is -0.143. The van der Waals surface area contributed by atoms with Gasteiger partial charge in [0.2, 0.25) is 11.8 Å². The normalized spacial score (nSPS) is 12.1. The number of benzene rings is 2. The van der Waals surface area contributed by atoms with Crippen LogP contribution in [0.1, 0.15) is 36.8 Å². The summed E-state index contributed by atoms with van der Waals surface area (Å²) in [6.07, 6.45) is 0.0870. The van der Waals surface area contributed by atoms with Crippen molar-refractivity contribution >= 4 is 29.6 Å². The first-order chi connectivity index (χ1) is 17.5. The Balaban J connectivity index is 1.84. The average Bonchev–Trinajstić information content (AvgIpc) is 2.84. The van der Waals surface area contributed by atoms with Crippen molar-refractivity contribution < 1.29 is 39.2 Å². The Kier molecular flexibility index (Phi) is 10.9. The number of amides is 2. The van der Waals surface area contributed by atoms with Gasteiger partial charge < -0.3 is 36.4 Å². The van der Waals surface area contributed by atoms with E-state index >= 15 is 0 Å². The molecule has 0 heterocycles. The molecular formula is C25H30N4O8. The van der Waals surface area contributed by atoms with Crippen molar-refractivity contribution in [3.8, 4) is 11.5 Å². The van der Waals surface area contributed by atoms with Gasteiger partial charge in [0.05, 0.1) is 13.0 Å². The summed E-state index contributed by atoms with van der Waals surface area (Å²) in [7, 11) is 0. The number of phenolic OH excluding ortho intramolecular Hbond substituents is 1. The summed E-state index contributed by atoms with van der Waals surface area (Å²) >= 11 is 0. The van der Waals surface area contributed by atoms with E-state index in [0.29, 0.717) is 36.3 Å². The zero-order valence-corrected chi connectivity index (χ0v) is 20.0. The highest BCUT2D eigenvalue weighted by molar-refractivity contribution is 5.95. The van der Waals surface area contributed by atoms with Crippen LogP contribution in [0.15, 0.2) is 48.5 Å². The first-order valence-corrected chi connectivity index (χ1v) is 11.4. The maximum absolute atomic E-state index is 12.6. The fraction of sp³-hybridized carbons (Fsp3) is 0.320. The molecule has 0 saturated carbocycles. The van der Waals surface area contributed by atoms with Crippen LogP contribution in [0, 0.1) is 5.41 Å². The molecular weight excluding hydrogens is 484 g/mol. The van der Waals surface area contributed by atoms with Gasteiger partial charge in [-0.2, -0.15) is 0 Å². The van der Waals surface area contributed by atoms with E-state index < -0.39 is 42.3 Å². The molecule has 198 valence electrons. The van der Waals surface area contributed by atoms with Crippen LogP contribution in [0.3, 0.4) is 0 Å². The van der Waals surface area contributed by atoms with Gasteiger partial charge >= 0.3 is 11.9 Å². The van der Waals surface area contributed by atoms with Gasteiger partial charge in [0.1, 0.15) is 29.4 Å². The van der Waals surface area contributed by atoms with Crippen LogP contribution in [-0.4, -0.2) is 63.6 Å². The maximum atomic E-state index is 12.6. The number of phenols is 1. The lowest BCUT2D eigenvalue weighted by Crippen LogP contribution is -2.52. The number of aliphatic carboxylic acids is 2. The van der Waals surface area contributed by atoms with Crippen LogP contribution in [0.2, 0.25) is 0 Å². The van der Waals surface area contributed by atoms with Crippen molar-refractivity contribution in [2.75, 3.05) is 6.61 Å². The summed E-state index contributed by atoms with van der Waals surface area (Å²) < 4.78 is 5.56. The fourth-order valence-corrected chi connectivity index (χ4v) is 3.30. The second kappa shape index (κ2) is 14.1. The molecule has 37 heavy (non-hydrogen) atoms. The number of nitrogens with two attached hydrogens (primary N) is 1. The van der Waals surface area contributed by atoms with Crippen LogP contribution in [0.25, 0.3) is 0 Å². The second-order valence-corrected chi connectivity index (χ2v) is 8.23. The molecule has 8 N–H and O–H groups in total. The molecule has 0 unspecified atom stereocenters. The van der Waals surface area contributed by atoms with Crippen molar-refractivity contribution in [3.63, 3.8) is 0 Å². The topological polar surface area (TPSA) is 212 Å². The van der Waals surface area contributed by atoms with Crippen molar-refractivity contribution in [1.29, 1.82) is 5.41 Å². The number of aromatic hydroxyl groups is 1. The molecule has 0 fully saturated rings. The third-order valence-electron chi connectivity index (χ3n) is 5.25. The van der Waals surface area contributed by atoms with Crippen LogP contribution in [0.5, 0.6) is 11.5 Å². The molecule has 2 aromatic rings. The van der Waals surface area contributed by atoms with E-state index in [9.17, 15) is 29.4 Å². The summed E-state index contributed by atoms with van der Waals surface area (Å²) in [6.45, 7) is 0.309. The Bertz CT molecular complexity index is 1100. The number of carbonyl (C=O) groups is 4. The molecule has 2 amide bonds. The molecule has 0 radical (unpaired) electrons. The van der Waals surface area contributed by atoms with Gasteiger partial charge in [0, 0.05) is 18.4 Å². The standard InChI is InChI=1S/C25H30N4O8/c26-23(27)16-6-10-18(11-7-16)37-12-2-1-3-21(31)28-19(14-22(32)33)24(34)29-20(25(35)36)13-15-4-8-17(30)9-5-15/h4-11,19-20,30H,1-3,12-14H2,(H3,26,27)(H,28,31)(H,29,34)(H,32,33)(H,35,36)/t19-,20-/m0/s1. The number of nitrogens with one attached hydrogen (secondary N) is 3. The van der Waals surface area contributed by atoms with Gasteiger partial charge in [-0.15, -0.1) is 0 Å². The van der Waals surface area contributed by atoms with Crippen molar-refractivity contribution in [3.05, 3.63) is 59.7 Å². The van der Waals surface area contributed by atoms with Gasteiger partial charge in [0.15, 0.2) is 0 Å². The third-order valence-corrected chi connectivity index (χ3v) is 5.25. The van der Waals surface area contributed by atoms with E-state index in [1.807, 2.05) is 0 Å². The number of rotatable bonds is 15. The van der Waals surface area contributed by atoms with Gasteiger partial charge in [-0.25, -0.2) is 4.79 Å². The summed E-state index contributed by atoms with van der Waals surface area (Å²) in [5, 5.41) is 40.0. The van der Waals surface area contributed by atoms with Crippen molar-refractivity contribution in [2.45, 2.75) is 44.2 Å². The van der Waals surface area contributed by atoms with Crippen LogP contribution in [0.4, 0.5) is 0 Å². The van der Waals surface area contributed by atoms with E-state index in [4.69, 9.17) is 21.0 Å². The molecule has 2 aromatic carbocycles. The molecule has 0 aliphatic rings. The van der Waals surface area contributed by atoms with Gasteiger partial charge in [-0.3, -0.25) is 19.8 Å². The van der Waals surface area contributed by atoms with E-state index in [1.54, 1.807) is 24.3 Å². The number of carboxylic acids is 2. The van der Waals surface area contributed by atoms with Gasteiger partial charge in [-0.05, 0) is 54.8 Å². The van der Waals surface area contributed by atoms with Crippen molar-refractivity contribution in [2.24, 2.45) is 5.73 Å². The molecule has 12 heteroatoms. The largest absolute Gasteiger partial charge is 0.508 e. The highest BCUT2D eigenvalue weighted by atomic mass is 16.5. The third kappa shape index (κ3) is 10.3. The SMILES string of the molecule is N=C(N)c1ccc(OCCCCC(=O)N[C@@H](CC(=O)O)C(=O)N[C@@H](Cc2ccc(O)cc2)C(=O)O)cc1. The Hall–Kier alpha value is -4.61. The molecule has 0 aromatic heterocycles. The second-order valence-electron chi connectivity index (χ2n) is 8.23. The summed E-state index contributed by atoms with van der Waals surface area (Å²) in [5.74, 6) is -3.64. The minimum Gasteiger partial charge on any atom is -0.508 e. The Morgan fingerprint density at radius 3 is 2.14 bits per heavy atom. The molecule has 0 aliphatic carbocycles. The number of nitrogen functional groups attached to an aromatic ring is 1. The fourth-order valence-electron chi connectivity index (χ4n) is 3.30. The predicted molar refractivity (Wildman–Crippen MR) is 132 cm³/mol. The minimum atomic E-state index is -1.46. The Morgan fingerprint density at radius 2 is 1.57 bits per heavy atom. The van der Waals surface area contributed by atoms with Crippen LogP contribution >= 0.6 is 0 Å². The van der Waals surface area contributed by atoms with E-state index in [-0.39, 0.29) is 24.4 Å². The highest BCUT2D eigenvalue weighted by Gasteiger charge is 2.28. The average molecular weight is 515 g/mol. The zero-order valence-electron chi connectivity index (χ0n) is 20.0. The molecule has 0 spiro atoms. The number of hydrogen-bond donors (Lipinski definition) is 7. The molecule has 0 aliphatic heterocycles. The van der Waals surface area contributed by atoms with Crippen molar-refractivity contribution in [1.82, 2.24) is 10.6 Å². The molecule has 2 rings (SSSR count). The maximum Gasteiger partial charge on any atom is 0.326 e. The smallest absolute Gasteiger partial charge is 0.326 e. The van der Waals surface area contributed by atoms with Gasteiger partial charge in [0.25, 0.3) is 0 Å². The van der Waals surface area contributed by atoms with E-state index in [1.165, 1.54) is 24.3 Å². The van der Waals surface area contributed by atoms with E-state index in [2.05, 4.69) is 10.6 Å². The number of hydrogen-bond acceptors (Lipinski definition) is 7. The van der Waals surface area contributed by atoms with Crippen LogP contribution < -0.4 is 21.1 Å². The monoisotopic (exact) mass is 514 g/mol. The first kappa shape index (κ1) is 28.6. The Morgan fingerprint density at radius 1 is 0.919 bits per heavy atom. The van der Waals surface area contributed by atoms with Crippen LogP contribution in [-0.2, 0) is 25.6 Å². The highest BCUT2D eigenvalue weighted by Crippen LogP contribution is 2.13. The lowest BCUT2D eigenvalue weighted by atomic mass is 10.0. The molecule has 0 bridgehead atoms. The quantitative estimate of drug-likeness (QED) is 0.102. The summed E-state index contributed by atoms with van der Waals surface area (Å²) in [4.78, 5) is 47.8. The number of carbonyl (C=O) groups excluding carboxylic acids is 2. The zero-order chi connectivity index (χ0) is 27.4. The minimum absolute atomic E-state index is 0.00113. The number of ether oxygens (including phenoxy) is 1. The number of amidine groups is 1. The molecule has 12 nitrogen and oxygen atoms in total. The van der Waals surface area contributed by atoms with E-state index in [0.717, 1.165) is 0 Å². The predicted octanol–water partition coefficient (Wildman–Crippen LogP) is 0.997. The Labute approximate surface area is 213 Å². The number of unbranched alkanes of at least 4 members (excludes halogenated alkanes) is 1. The number of carboxylic acid groups (broad SMARTS) is 2. The lowest BCUT2D eigenvalue weighted by Gasteiger charge is -2.20. The molecule has 0 saturated heterocycles. The molecule has 2 atom stereocenters.